The molecule has 20 heavy (non-hydrogen) atoms. The van der Waals surface area contributed by atoms with Gasteiger partial charge in [-0.15, -0.1) is 0 Å². The van der Waals surface area contributed by atoms with Crippen LogP contribution in [0.3, 0.4) is 0 Å². The number of rotatable bonds is 2. The second-order valence-corrected chi connectivity index (χ2v) is 5.37. The fourth-order valence-electron chi connectivity index (χ4n) is 2.71. The first-order chi connectivity index (χ1) is 9.54. The number of nitrogens with two attached hydrogens (primary N) is 1. The van der Waals surface area contributed by atoms with E-state index in [9.17, 15) is 9.59 Å². The van der Waals surface area contributed by atoms with Gasteiger partial charge in [-0.1, -0.05) is 0 Å². The Morgan fingerprint density at radius 2 is 2.25 bits per heavy atom. The van der Waals surface area contributed by atoms with Gasteiger partial charge >= 0.3 is 5.76 Å². The van der Waals surface area contributed by atoms with Crippen molar-refractivity contribution in [2.75, 3.05) is 5.32 Å². The molecule has 1 amide bonds. The summed E-state index contributed by atoms with van der Waals surface area (Å²) in [6.45, 7) is 0. The van der Waals surface area contributed by atoms with Crippen LogP contribution in [0.15, 0.2) is 27.4 Å². The van der Waals surface area contributed by atoms with Gasteiger partial charge in [0.2, 0.25) is 5.91 Å². The van der Waals surface area contributed by atoms with Crippen LogP contribution in [0.4, 0.5) is 5.69 Å². The maximum absolute atomic E-state index is 12.1. The number of carbonyl (C=O) groups is 1. The Kier molecular flexibility index (Phi) is 3.10. The van der Waals surface area contributed by atoms with Gasteiger partial charge in [0.05, 0.1) is 5.52 Å². The molecule has 1 aromatic heterocycles. The Hall–Kier alpha value is -2.08. The van der Waals surface area contributed by atoms with Gasteiger partial charge in [-0.2, -0.15) is 0 Å². The number of oxazole rings is 1. The maximum Gasteiger partial charge on any atom is 0.419 e. The number of amides is 1. The molecule has 1 aliphatic rings. The highest BCUT2D eigenvalue weighted by Crippen LogP contribution is 2.26. The van der Waals surface area contributed by atoms with E-state index >= 15 is 0 Å². The molecule has 2 aromatic rings. The van der Waals surface area contributed by atoms with Crippen molar-refractivity contribution in [2.24, 2.45) is 18.7 Å². The zero-order chi connectivity index (χ0) is 14.3. The lowest BCUT2D eigenvalue weighted by molar-refractivity contribution is -0.119. The van der Waals surface area contributed by atoms with E-state index in [1.165, 1.54) is 4.57 Å². The lowest BCUT2D eigenvalue weighted by Gasteiger charge is -2.10. The van der Waals surface area contributed by atoms with E-state index in [0.717, 1.165) is 19.3 Å². The number of hydrogen-bond acceptors (Lipinski definition) is 4. The number of benzene rings is 1. The first kappa shape index (κ1) is 12.9. The molecular formula is C14H17N3O3. The van der Waals surface area contributed by atoms with Crippen LogP contribution >= 0.6 is 0 Å². The molecule has 1 aliphatic carbocycles. The van der Waals surface area contributed by atoms with Crippen LogP contribution in [0.1, 0.15) is 19.3 Å². The summed E-state index contributed by atoms with van der Waals surface area (Å²) < 4.78 is 6.53. The van der Waals surface area contributed by atoms with E-state index in [-0.39, 0.29) is 17.9 Å². The summed E-state index contributed by atoms with van der Waals surface area (Å²) in [4.78, 5) is 23.5. The third-order valence-electron chi connectivity index (χ3n) is 3.90. The topological polar surface area (TPSA) is 90.3 Å². The second-order valence-electron chi connectivity index (χ2n) is 5.37. The summed E-state index contributed by atoms with van der Waals surface area (Å²) in [5.41, 5.74) is 7.63. The van der Waals surface area contributed by atoms with Crippen molar-refractivity contribution >= 4 is 22.7 Å². The Morgan fingerprint density at radius 1 is 1.45 bits per heavy atom. The first-order valence-corrected chi connectivity index (χ1v) is 6.70. The SMILES string of the molecule is Cn1c(=O)oc2cc(NC(=O)C3CCC(N)C3)ccc21. The molecule has 6 heteroatoms. The van der Waals surface area contributed by atoms with Gasteiger partial charge in [-0.25, -0.2) is 4.79 Å². The summed E-state index contributed by atoms with van der Waals surface area (Å²) in [6.07, 6.45) is 2.45. The summed E-state index contributed by atoms with van der Waals surface area (Å²) in [7, 11) is 1.65. The van der Waals surface area contributed by atoms with Gasteiger partial charge in [0.15, 0.2) is 5.58 Å². The van der Waals surface area contributed by atoms with Crippen molar-refractivity contribution in [1.82, 2.24) is 4.57 Å². The van der Waals surface area contributed by atoms with Crippen LogP contribution in [0.2, 0.25) is 0 Å². The monoisotopic (exact) mass is 275 g/mol. The van der Waals surface area contributed by atoms with Gasteiger partial charge in [-0.05, 0) is 31.4 Å². The Morgan fingerprint density at radius 3 is 2.95 bits per heavy atom. The highest BCUT2D eigenvalue weighted by Gasteiger charge is 2.27. The summed E-state index contributed by atoms with van der Waals surface area (Å²) in [5.74, 6) is -0.454. The van der Waals surface area contributed by atoms with Gasteiger partial charge in [0.1, 0.15) is 0 Å². The molecule has 0 bridgehead atoms. The average Bonchev–Trinajstić information content (AvgIpc) is 2.95. The quantitative estimate of drug-likeness (QED) is 0.861. The van der Waals surface area contributed by atoms with Gasteiger partial charge in [-0.3, -0.25) is 9.36 Å². The Labute approximate surface area is 115 Å². The number of nitrogens with zero attached hydrogens (tertiary/aromatic N) is 1. The molecule has 0 spiro atoms. The molecule has 0 saturated heterocycles. The van der Waals surface area contributed by atoms with Gasteiger partial charge in [0, 0.05) is 30.8 Å². The van der Waals surface area contributed by atoms with Crippen molar-refractivity contribution in [3.8, 4) is 0 Å². The molecule has 1 fully saturated rings. The molecule has 3 rings (SSSR count). The number of hydrogen-bond donors (Lipinski definition) is 2. The van der Waals surface area contributed by atoms with Crippen LogP contribution in [0, 0.1) is 5.92 Å². The highest BCUT2D eigenvalue weighted by atomic mass is 16.4. The number of aromatic nitrogens is 1. The van der Waals surface area contributed by atoms with E-state index in [0.29, 0.717) is 16.8 Å². The molecule has 2 unspecified atom stereocenters. The predicted molar refractivity (Wildman–Crippen MR) is 75.4 cm³/mol. The zero-order valence-electron chi connectivity index (χ0n) is 11.3. The number of carbonyl (C=O) groups excluding carboxylic acids is 1. The van der Waals surface area contributed by atoms with Crippen LogP contribution < -0.4 is 16.8 Å². The van der Waals surface area contributed by atoms with E-state index in [4.69, 9.17) is 10.2 Å². The molecule has 1 saturated carbocycles. The van der Waals surface area contributed by atoms with E-state index in [2.05, 4.69) is 5.32 Å². The zero-order valence-corrected chi connectivity index (χ0v) is 11.3. The number of anilines is 1. The minimum atomic E-state index is -0.412. The molecule has 1 aromatic carbocycles. The van der Waals surface area contributed by atoms with E-state index in [1.807, 2.05) is 0 Å². The largest absolute Gasteiger partial charge is 0.419 e. The predicted octanol–water partition coefficient (Wildman–Crippen LogP) is 1.20. The van der Waals surface area contributed by atoms with E-state index in [1.54, 1.807) is 25.2 Å². The summed E-state index contributed by atoms with van der Waals surface area (Å²) >= 11 is 0. The van der Waals surface area contributed by atoms with Crippen molar-refractivity contribution in [1.29, 1.82) is 0 Å². The van der Waals surface area contributed by atoms with Crippen molar-refractivity contribution < 1.29 is 9.21 Å². The fraction of sp³-hybridized carbons (Fsp3) is 0.429. The minimum Gasteiger partial charge on any atom is -0.408 e. The third-order valence-corrected chi connectivity index (χ3v) is 3.90. The Balaban J connectivity index is 1.81. The second kappa shape index (κ2) is 4.79. The molecule has 0 aliphatic heterocycles. The molecule has 1 heterocycles. The molecular weight excluding hydrogens is 258 g/mol. The number of nitrogens with one attached hydrogen (secondary N) is 1. The highest BCUT2D eigenvalue weighted by molar-refractivity contribution is 5.94. The molecule has 106 valence electrons. The standard InChI is InChI=1S/C14H17N3O3/c1-17-11-5-4-10(7-12(11)20-14(17)19)16-13(18)8-2-3-9(15)6-8/h4-5,7-9H,2-3,6,15H2,1H3,(H,16,18). The van der Waals surface area contributed by atoms with Crippen LogP contribution in [-0.4, -0.2) is 16.5 Å². The van der Waals surface area contributed by atoms with Gasteiger partial charge < -0.3 is 15.5 Å². The number of fused-ring (bicyclic) bond motifs is 1. The van der Waals surface area contributed by atoms with E-state index < -0.39 is 5.76 Å². The number of aryl methyl sites for hydroxylation is 1. The third kappa shape index (κ3) is 2.22. The lowest BCUT2D eigenvalue weighted by atomic mass is 10.1. The van der Waals surface area contributed by atoms with Crippen LogP contribution in [0.5, 0.6) is 0 Å². The fourth-order valence-corrected chi connectivity index (χ4v) is 2.71. The molecule has 3 N–H and O–H groups in total. The van der Waals surface area contributed by atoms with Crippen molar-refractivity contribution in [2.45, 2.75) is 25.3 Å². The van der Waals surface area contributed by atoms with Crippen LogP contribution in [0.25, 0.3) is 11.1 Å². The van der Waals surface area contributed by atoms with Crippen LogP contribution in [-0.2, 0) is 11.8 Å². The molecule has 0 radical (unpaired) electrons. The molecule has 6 nitrogen and oxygen atoms in total. The lowest BCUT2D eigenvalue weighted by Crippen LogP contribution is -2.23. The smallest absolute Gasteiger partial charge is 0.408 e. The maximum atomic E-state index is 12.1. The van der Waals surface area contributed by atoms with Crippen molar-refractivity contribution in [3.05, 3.63) is 28.7 Å². The minimum absolute atomic E-state index is 0.0180. The Bertz CT molecular complexity index is 716. The summed E-state index contributed by atoms with van der Waals surface area (Å²) in [6, 6.07) is 5.32. The van der Waals surface area contributed by atoms with Crippen molar-refractivity contribution in [3.63, 3.8) is 0 Å². The van der Waals surface area contributed by atoms with Gasteiger partial charge in [0.25, 0.3) is 0 Å². The normalized spacial score (nSPS) is 22.3. The first-order valence-electron chi connectivity index (χ1n) is 6.70. The average molecular weight is 275 g/mol. The molecule has 2 atom stereocenters. The summed E-state index contributed by atoms with van der Waals surface area (Å²) in [5, 5.41) is 2.86.